The summed E-state index contributed by atoms with van der Waals surface area (Å²) in [5, 5.41) is 9.99. The van der Waals surface area contributed by atoms with Crippen molar-refractivity contribution in [2.24, 2.45) is 0 Å². The van der Waals surface area contributed by atoms with Gasteiger partial charge in [0.25, 0.3) is 0 Å². The first-order chi connectivity index (χ1) is 11.8. The second kappa shape index (κ2) is 5.85. The first-order valence-corrected chi connectivity index (χ1v) is 7.91. The number of likely N-dealkylation sites (tertiary alicyclic amines) is 1. The summed E-state index contributed by atoms with van der Waals surface area (Å²) in [5.41, 5.74) is 2.49. The van der Waals surface area contributed by atoms with Crippen molar-refractivity contribution in [1.29, 1.82) is 5.26 Å². The lowest BCUT2D eigenvalue weighted by molar-refractivity contribution is 0.419. The van der Waals surface area contributed by atoms with Gasteiger partial charge in [0, 0.05) is 30.7 Å². The number of nitrogens with zero attached hydrogens (tertiary/aromatic N) is 5. The number of hydrogen-bond acceptors (Lipinski definition) is 5. The highest BCUT2D eigenvalue weighted by Crippen LogP contribution is 2.30. The Balaban J connectivity index is 1.70. The Morgan fingerprint density at radius 1 is 1.29 bits per heavy atom. The number of methoxy groups -OCH3 is 1. The maximum absolute atomic E-state index is 9.00. The number of fused-ring (bicyclic) bond motifs is 1. The van der Waals surface area contributed by atoms with Crippen molar-refractivity contribution in [3.05, 3.63) is 42.9 Å². The van der Waals surface area contributed by atoms with Crippen molar-refractivity contribution < 1.29 is 4.74 Å². The second-order valence-corrected chi connectivity index (χ2v) is 5.92. The van der Waals surface area contributed by atoms with Crippen LogP contribution in [0.4, 0.5) is 0 Å². The van der Waals surface area contributed by atoms with Crippen LogP contribution >= 0.6 is 0 Å². The number of nitriles is 1. The highest BCUT2D eigenvalue weighted by molar-refractivity contribution is 5.87. The summed E-state index contributed by atoms with van der Waals surface area (Å²) < 4.78 is 7.59. The molecule has 0 spiro atoms. The van der Waals surface area contributed by atoms with Crippen molar-refractivity contribution in [2.75, 3.05) is 20.2 Å². The molecular formula is C18H17N5O. The normalized spacial score (nSPS) is 17.2. The number of rotatable bonds is 3. The predicted octanol–water partition coefficient (Wildman–Crippen LogP) is 2.83. The number of pyridine rings is 1. The second-order valence-electron chi connectivity index (χ2n) is 5.92. The summed E-state index contributed by atoms with van der Waals surface area (Å²) in [4.78, 5) is 11.0. The van der Waals surface area contributed by atoms with Gasteiger partial charge in [-0.3, -0.25) is 0 Å². The quantitative estimate of drug-likeness (QED) is 0.694. The van der Waals surface area contributed by atoms with Gasteiger partial charge in [-0.2, -0.15) is 5.26 Å². The van der Waals surface area contributed by atoms with E-state index in [4.69, 9.17) is 15.0 Å². The fourth-order valence-electron chi connectivity index (χ4n) is 3.19. The van der Waals surface area contributed by atoms with Crippen LogP contribution in [0.15, 0.2) is 42.9 Å². The highest BCUT2D eigenvalue weighted by atomic mass is 16.5. The number of hydrogen-bond donors (Lipinski definition) is 0. The van der Waals surface area contributed by atoms with Gasteiger partial charge >= 0.3 is 0 Å². The molecule has 1 saturated heterocycles. The molecule has 6 heteroatoms. The minimum atomic E-state index is 0.285. The van der Waals surface area contributed by atoms with E-state index in [-0.39, 0.29) is 6.04 Å². The molecule has 0 radical (unpaired) electrons. The summed E-state index contributed by atoms with van der Waals surface area (Å²) >= 11 is 0. The molecule has 120 valence electrons. The molecule has 1 aromatic carbocycles. The summed E-state index contributed by atoms with van der Waals surface area (Å²) in [6.07, 6.45) is 6.99. The third-order valence-corrected chi connectivity index (χ3v) is 4.49. The monoisotopic (exact) mass is 319 g/mol. The van der Waals surface area contributed by atoms with Crippen LogP contribution in [-0.4, -0.2) is 39.6 Å². The fraction of sp³-hybridized carbons (Fsp3) is 0.278. The summed E-state index contributed by atoms with van der Waals surface area (Å²) in [5.74, 6) is 0.793. The molecule has 24 heavy (non-hydrogen) atoms. The molecule has 2 aromatic heterocycles. The van der Waals surface area contributed by atoms with E-state index in [0.717, 1.165) is 47.6 Å². The van der Waals surface area contributed by atoms with Gasteiger partial charge in [0.15, 0.2) is 6.19 Å². The van der Waals surface area contributed by atoms with E-state index >= 15 is 0 Å². The largest absolute Gasteiger partial charge is 0.496 e. The van der Waals surface area contributed by atoms with Crippen LogP contribution in [0.2, 0.25) is 0 Å². The van der Waals surface area contributed by atoms with Crippen LogP contribution in [0.5, 0.6) is 5.75 Å². The van der Waals surface area contributed by atoms with Crippen molar-refractivity contribution >= 4 is 10.9 Å². The van der Waals surface area contributed by atoms with Crippen LogP contribution in [0.25, 0.3) is 22.3 Å². The molecule has 6 nitrogen and oxygen atoms in total. The lowest BCUT2D eigenvalue weighted by atomic mass is 10.1. The van der Waals surface area contributed by atoms with Gasteiger partial charge < -0.3 is 14.2 Å². The molecule has 1 unspecified atom stereocenters. The topological polar surface area (TPSA) is 67.0 Å². The van der Waals surface area contributed by atoms with Crippen LogP contribution in [0.3, 0.4) is 0 Å². The van der Waals surface area contributed by atoms with Gasteiger partial charge in [-0.15, -0.1) is 0 Å². The standard InChI is InChI=1S/C18H17N5O/c1-24-18-8-16(21-15-5-3-2-4-14(15)18)17-10-23(12-20-17)13-6-7-22(9-13)11-19/h2-5,8,10,12-13H,6-7,9H2,1H3. The van der Waals surface area contributed by atoms with Gasteiger partial charge in [-0.25, -0.2) is 9.97 Å². The van der Waals surface area contributed by atoms with Gasteiger partial charge in [0.05, 0.1) is 30.7 Å². The highest BCUT2D eigenvalue weighted by Gasteiger charge is 2.23. The molecular weight excluding hydrogens is 302 g/mol. The molecule has 0 saturated carbocycles. The van der Waals surface area contributed by atoms with Crippen molar-refractivity contribution in [3.63, 3.8) is 0 Å². The molecule has 1 atom stereocenters. The Morgan fingerprint density at radius 3 is 2.96 bits per heavy atom. The van der Waals surface area contributed by atoms with E-state index in [1.807, 2.05) is 42.9 Å². The minimum Gasteiger partial charge on any atom is -0.496 e. The maximum atomic E-state index is 9.00. The number of para-hydroxylation sites is 1. The summed E-state index contributed by atoms with van der Waals surface area (Å²) in [7, 11) is 1.67. The number of imidazole rings is 1. The third-order valence-electron chi connectivity index (χ3n) is 4.49. The molecule has 0 aliphatic carbocycles. The zero-order chi connectivity index (χ0) is 16.5. The maximum Gasteiger partial charge on any atom is 0.179 e. The Morgan fingerprint density at radius 2 is 2.17 bits per heavy atom. The van der Waals surface area contributed by atoms with E-state index < -0.39 is 0 Å². The zero-order valence-electron chi connectivity index (χ0n) is 13.4. The summed E-state index contributed by atoms with van der Waals surface area (Å²) in [6, 6.07) is 10.1. The minimum absolute atomic E-state index is 0.285. The summed E-state index contributed by atoms with van der Waals surface area (Å²) in [6.45, 7) is 1.54. The Bertz CT molecular complexity index is 927. The lowest BCUT2D eigenvalue weighted by Gasteiger charge is -2.10. The first-order valence-electron chi connectivity index (χ1n) is 7.91. The van der Waals surface area contributed by atoms with Crippen molar-refractivity contribution in [3.8, 4) is 23.3 Å². The first kappa shape index (κ1) is 14.5. The molecule has 1 fully saturated rings. The van der Waals surface area contributed by atoms with Crippen LogP contribution in [0, 0.1) is 11.5 Å². The smallest absolute Gasteiger partial charge is 0.179 e. The van der Waals surface area contributed by atoms with Gasteiger partial charge in [-0.05, 0) is 18.6 Å². The van der Waals surface area contributed by atoms with Crippen molar-refractivity contribution in [2.45, 2.75) is 12.5 Å². The SMILES string of the molecule is COc1cc(-c2cn(C3CCN(C#N)C3)cn2)nc2ccccc12. The number of benzene rings is 1. The molecule has 3 aromatic rings. The van der Waals surface area contributed by atoms with E-state index in [0.29, 0.717) is 0 Å². The Hall–Kier alpha value is -3.07. The Labute approximate surface area is 139 Å². The predicted molar refractivity (Wildman–Crippen MR) is 90.4 cm³/mol. The third kappa shape index (κ3) is 2.44. The lowest BCUT2D eigenvalue weighted by Crippen LogP contribution is -2.15. The van der Waals surface area contributed by atoms with Crippen LogP contribution in [-0.2, 0) is 0 Å². The van der Waals surface area contributed by atoms with Gasteiger partial charge in [0.1, 0.15) is 11.4 Å². The molecule has 3 heterocycles. The van der Waals surface area contributed by atoms with Crippen LogP contribution < -0.4 is 4.74 Å². The van der Waals surface area contributed by atoms with Gasteiger partial charge in [-0.1, -0.05) is 12.1 Å². The Kier molecular flexibility index (Phi) is 3.54. The molecule has 0 N–H and O–H groups in total. The molecule has 4 rings (SSSR count). The van der Waals surface area contributed by atoms with Crippen molar-refractivity contribution in [1.82, 2.24) is 19.4 Å². The van der Waals surface area contributed by atoms with E-state index in [2.05, 4.69) is 15.7 Å². The van der Waals surface area contributed by atoms with Gasteiger partial charge in [0.2, 0.25) is 0 Å². The van der Waals surface area contributed by atoms with Crippen LogP contribution in [0.1, 0.15) is 12.5 Å². The molecule has 1 aliphatic heterocycles. The number of ether oxygens (including phenoxy) is 1. The average molecular weight is 319 g/mol. The van der Waals surface area contributed by atoms with E-state index in [9.17, 15) is 0 Å². The van der Waals surface area contributed by atoms with E-state index in [1.54, 1.807) is 12.0 Å². The fourth-order valence-corrected chi connectivity index (χ4v) is 3.19. The molecule has 0 amide bonds. The molecule has 1 aliphatic rings. The number of aromatic nitrogens is 3. The zero-order valence-corrected chi connectivity index (χ0v) is 13.4. The molecule has 0 bridgehead atoms. The average Bonchev–Trinajstić information content (AvgIpc) is 3.29. The van der Waals surface area contributed by atoms with E-state index in [1.165, 1.54) is 0 Å².